The van der Waals surface area contributed by atoms with Crippen molar-refractivity contribution in [2.24, 2.45) is 10.8 Å². The van der Waals surface area contributed by atoms with Crippen LogP contribution in [0.1, 0.15) is 41.5 Å². The van der Waals surface area contributed by atoms with Crippen molar-refractivity contribution in [1.29, 1.82) is 0 Å². The number of hydrogen-bond donors (Lipinski definition) is 1. The molecule has 86 valence electrons. The SMILES string of the molecule is CC.CC(C)(C)C1(C)C=CNC(=O)C=C1. The average Bonchev–Trinajstić information content (AvgIpc) is 2.32. The van der Waals surface area contributed by atoms with Crippen LogP contribution in [0.3, 0.4) is 0 Å². The van der Waals surface area contributed by atoms with E-state index < -0.39 is 0 Å². The molecule has 1 unspecified atom stereocenters. The second kappa shape index (κ2) is 5.15. The average molecular weight is 209 g/mol. The van der Waals surface area contributed by atoms with Gasteiger partial charge in [0.05, 0.1) is 0 Å². The standard InChI is InChI=1S/C11H17NO.C2H6/c1-10(2,3)11(4)6-5-9(13)12-8-7-11;1-2/h5-8H,1-4H3,(H,12,13);1-2H3. The number of rotatable bonds is 0. The maximum absolute atomic E-state index is 11.0. The minimum atomic E-state index is -0.0633. The first kappa shape index (κ1) is 13.9. The van der Waals surface area contributed by atoms with Crippen molar-refractivity contribution in [3.8, 4) is 0 Å². The molecule has 0 spiro atoms. The molecule has 0 aromatic carbocycles. The number of hydrogen-bond acceptors (Lipinski definition) is 1. The summed E-state index contributed by atoms with van der Waals surface area (Å²) in [6, 6.07) is 0. The Balaban J connectivity index is 0.000000921. The molecule has 1 rings (SSSR count). The summed E-state index contributed by atoms with van der Waals surface area (Å²) in [6.45, 7) is 12.6. The zero-order chi connectivity index (χ0) is 12.1. The lowest BCUT2D eigenvalue weighted by Crippen LogP contribution is -2.28. The molecule has 1 aliphatic rings. The third kappa shape index (κ3) is 3.54. The normalized spacial score (nSPS) is 25.1. The Morgan fingerprint density at radius 3 is 2.20 bits per heavy atom. The van der Waals surface area contributed by atoms with E-state index in [-0.39, 0.29) is 16.7 Å². The highest BCUT2D eigenvalue weighted by molar-refractivity contribution is 5.88. The van der Waals surface area contributed by atoms with Crippen molar-refractivity contribution >= 4 is 5.91 Å². The zero-order valence-electron chi connectivity index (χ0n) is 10.7. The van der Waals surface area contributed by atoms with Crippen molar-refractivity contribution in [3.63, 3.8) is 0 Å². The van der Waals surface area contributed by atoms with Crippen molar-refractivity contribution in [2.45, 2.75) is 41.5 Å². The molecule has 0 fully saturated rings. The number of carbonyl (C=O) groups excluding carboxylic acids is 1. The molecular weight excluding hydrogens is 186 g/mol. The monoisotopic (exact) mass is 209 g/mol. The second-order valence-electron chi connectivity index (χ2n) is 4.71. The zero-order valence-corrected chi connectivity index (χ0v) is 10.7. The Kier molecular flexibility index (Phi) is 4.79. The highest BCUT2D eigenvalue weighted by atomic mass is 16.1. The van der Waals surface area contributed by atoms with Crippen molar-refractivity contribution < 1.29 is 4.79 Å². The molecule has 1 atom stereocenters. The Labute approximate surface area is 93.5 Å². The number of allylic oxidation sites excluding steroid dienone is 2. The summed E-state index contributed by atoms with van der Waals surface area (Å²) in [5.41, 5.74) is 0.0540. The lowest BCUT2D eigenvalue weighted by atomic mass is 9.68. The van der Waals surface area contributed by atoms with E-state index in [9.17, 15) is 4.79 Å². The van der Waals surface area contributed by atoms with Crippen molar-refractivity contribution in [3.05, 3.63) is 24.4 Å². The van der Waals surface area contributed by atoms with Gasteiger partial charge in [-0.15, -0.1) is 0 Å². The minimum Gasteiger partial charge on any atom is -0.329 e. The van der Waals surface area contributed by atoms with Gasteiger partial charge in [0.2, 0.25) is 5.91 Å². The summed E-state index contributed by atoms with van der Waals surface area (Å²) >= 11 is 0. The van der Waals surface area contributed by atoms with E-state index in [1.54, 1.807) is 12.3 Å². The fraction of sp³-hybridized carbons (Fsp3) is 0.615. The number of nitrogens with one attached hydrogen (secondary N) is 1. The molecule has 0 saturated carbocycles. The summed E-state index contributed by atoms with van der Waals surface area (Å²) in [6.07, 6.45) is 7.33. The van der Waals surface area contributed by atoms with Gasteiger partial charge < -0.3 is 5.32 Å². The largest absolute Gasteiger partial charge is 0.329 e. The molecule has 0 radical (unpaired) electrons. The summed E-state index contributed by atoms with van der Waals surface area (Å²) in [5, 5.41) is 2.67. The summed E-state index contributed by atoms with van der Waals surface area (Å²) in [7, 11) is 0. The van der Waals surface area contributed by atoms with E-state index in [0.29, 0.717) is 0 Å². The molecule has 1 amide bonds. The van der Waals surface area contributed by atoms with Gasteiger partial charge in [-0.25, -0.2) is 0 Å². The fourth-order valence-corrected chi connectivity index (χ4v) is 1.15. The molecule has 2 heteroatoms. The molecule has 0 aromatic rings. The maximum Gasteiger partial charge on any atom is 0.247 e. The third-order valence-electron chi connectivity index (χ3n) is 2.85. The molecule has 0 aromatic heterocycles. The summed E-state index contributed by atoms with van der Waals surface area (Å²) < 4.78 is 0. The van der Waals surface area contributed by atoms with Crippen LogP contribution < -0.4 is 5.32 Å². The topological polar surface area (TPSA) is 29.1 Å². The van der Waals surface area contributed by atoms with E-state index in [1.165, 1.54) is 0 Å². The van der Waals surface area contributed by atoms with Crippen LogP contribution in [0.25, 0.3) is 0 Å². The summed E-state index contributed by atoms with van der Waals surface area (Å²) in [4.78, 5) is 11.0. The molecule has 1 aliphatic heterocycles. The Hall–Kier alpha value is -1.05. The van der Waals surface area contributed by atoms with Gasteiger partial charge in [0.25, 0.3) is 0 Å². The van der Waals surface area contributed by atoms with Crippen LogP contribution in [-0.4, -0.2) is 5.91 Å². The van der Waals surface area contributed by atoms with Gasteiger partial charge in [0, 0.05) is 17.7 Å². The third-order valence-corrected chi connectivity index (χ3v) is 2.85. The molecule has 2 nitrogen and oxygen atoms in total. The highest BCUT2D eigenvalue weighted by Crippen LogP contribution is 2.41. The smallest absolute Gasteiger partial charge is 0.247 e. The molecule has 0 bridgehead atoms. The Morgan fingerprint density at radius 2 is 1.73 bits per heavy atom. The van der Waals surface area contributed by atoms with Gasteiger partial charge >= 0.3 is 0 Å². The molecule has 1 heterocycles. The first-order valence-electron chi connectivity index (χ1n) is 5.53. The molecule has 15 heavy (non-hydrogen) atoms. The maximum atomic E-state index is 11.0. The first-order valence-corrected chi connectivity index (χ1v) is 5.53. The fourth-order valence-electron chi connectivity index (χ4n) is 1.15. The quantitative estimate of drug-likeness (QED) is 0.652. The highest BCUT2D eigenvalue weighted by Gasteiger charge is 2.33. The van der Waals surface area contributed by atoms with Gasteiger partial charge in [-0.05, 0) is 5.41 Å². The van der Waals surface area contributed by atoms with Gasteiger partial charge in [-0.2, -0.15) is 0 Å². The number of amides is 1. The van der Waals surface area contributed by atoms with Crippen LogP contribution in [0.15, 0.2) is 24.4 Å². The Morgan fingerprint density at radius 1 is 1.20 bits per heavy atom. The molecular formula is C13H23NO. The van der Waals surface area contributed by atoms with Crippen molar-refractivity contribution in [1.82, 2.24) is 5.32 Å². The predicted octanol–water partition coefficient (Wildman–Crippen LogP) is 3.26. The second-order valence-corrected chi connectivity index (χ2v) is 4.71. The van der Waals surface area contributed by atoms with E-state index in [4.69, 9.17) is 0 Å². The van der Waals surface area contributed by atoms with E-state index in [0.717, 1.165) is 0 Å². The minimum absolute atomic E-state index is 0.0516. The van der Waals surface area contributed by atoms with Gasteiger partial charge in [-0.3, -0.25) is 4.79 Å². The van der Waals surface area contributed by atoms with E-state index in [2.05, 4.69) is 33.0 Å². The molecule has 0 aliphatic carbocycles. The van der Waals surface area contributed by atoms with Crippen LogP contribution in [0.5, 0.6) is 0 Å². The molecule has 1 N–H and O–H groups in total. The lowest BCUT2D eigenvalue weighted by Gasteiger charge is -2.36. The number of carbonyl (C=O) groups is 1. The van der Waals surface area contributed by atoms with Gasteiger partial charge in [0.15, 0.2) is 0 Å². The van der Waals surface area contributed by atoms with Crippen LogP contribution in [0, 0.1) is 10.8 Å². The predicted molar refractivity (Wildman–Crippen MR) is 65.3 cm³/mol. The molecule has 0 saturated heterocycles. The van der Waals surface area contributed by atoms with E-state index in [1.807, 2.05) is 26.0 Å². The first-order chi connectivity index (χ1) is 6.85. The van der Waals surface area contributed by atoms with Crippen LogP contribution in [0.4, 0.5) is 0 Å². The van der Waals surface area contributed by atoms with E-state index >= 15 is 0 Å². The summed E-state index contributed by atoms with van der Waals surface area (Å²) in [5.74, 6) is -0.0516. The Bertz CT molecular complexity index is 271. The van der Waals surface area contributed by atoms with Crippen LogP contribution in [-0.2, 0) is 4.79 Å². The lowest BCUT2D eigenvalue weighted by molar-refractivity contribution is -0.115. The van der Waals surface area contributed by atoms with Crippen molar-refractivity contribution in [2.75, 3.05) is 0 Å². The van der Waals surface area contributed by atoms with Gasteiger partial charge in [-0.1, -0.05) is 53.7 Å². The van der Waals surface area contributed by atoms with Gasteiger partial charge in [0.1, 0.15) is 0 Å². The van der Waals surface area contributed by atoms with Crippen LogP contribution >= 0.6 is 0 Å². The van der Waals surface area contributed by atoms with Crippen LogP contribution in [0.2, 0.25) is 0 Å².